The van der Waals surface area contributed by atoms with Gasteiger partial charge in [-0.3, -0.25) is 14.4 Å². The molecule has 0 bridgehead atoms. The monoisotopic (exact) mass is 625 g/mol. The van der Waals surface area contributed by atoms with E-state index in [4.69, 9.17) is 9.84 Å². The minimum Gasteiger partial charge on any atom is -0.506 e. The number of aliphatic hydroxyl groups is 1. The SMILES string of the molecule is CCOC(=O)CCCC[N+]1=C(/C=C2\C(=O)C(/C=C3/N(CCCCC(=O)O)c4ccccc4C3(C)C)=C2O)C(C)(C)c2ccccc21. The molecule has 5 rings (SSSR count). The number of para-hydroxylation sites is 2. The number of carboxylic acid groups (broad SMARTS) is 1. The number of anilines is 1. The zero-order valence-electron chi connectivity index (χ0n) is 27.6. The van der Waals surface area contributed by atoms with Gasteiger partial charge in [0.25, 0.3) is 0 Å². The number of hydrogen-bond donors (Lipinski definition) is 2. The van der Waals surface area contributed by atoms with E-state index in [0.29, 0.717) is 51.0 Å². The molecule has 0 amide bonds. The number of carboxylic acids is 1. The first-order chi connectivity index (χ1) is 21.9. The fourth-order valence-electron chi connectivity index (χ4n) is 6.99. The van der Waals surface area contributed by atoms with Crippen molar-refractivity contribution < 1.29 is 33.9 Å². The lowest BCUT2D eigenvalue weighted by molar-refractivity contribution is -0.438. The third-order valence-corrected chi connectivity index (χ3v) is 9.50. The quantitative estimate of drug-likeness (QED) is 0.106. The fourth-order valence-corrected chi connectivity index (χ4v) is 6.99. The number of ketones is 1. The third-order valence-electron chi connectivity index (χ3n) is 9.50. The number of aliphatic hydroxyl groups excluding tert-OH is 1. The molecule has 3 aliphatic rings. The van der Waals surface area contributed by atoms with E-state index in [1.807, 2.05) is 36.4 Å². The van der Waals surface area contributed by atoms with Gasteiger partial charge in [0, 0.05) is 60.3 Å². The molecule has 2 N–H and O–H groups in total. The Bertz CT molecular complexity index is 1690. The summed E-state index contributed by atoms with van der Waals surface area (Å²) in [6.45, 7) is 11.9. The molecule has 0 spiro atoms. The number of carbonyl (C=O) groups is 3. The summed E-state index contributed by atoms with van der Waals surface area (Å²) in [6, 6.07) is 16.3. The molecule has 0 fully saturated rings. The van der Waals surface area contributed by atoms with Crippen molar-refractivity contribution in [2.75, 3.05) is 24.6 Å². The number of nitrogens with zero attached hydrogens (tertiary/aromatic N) is 2. The van der Waals surface area contributed by atoms with E-state index >= 15 is 0 Å². The van der Waals surface area contributed by atoms with Crippen LogP contribution < -0.4 is 4.90 Å². The first kappa shape index (κ1) is 32.9. The summed E-state index contributed by atoms with van der Waals surface area (Å²) < 4.78 is 7.29. The highest BCUT2D eigenvalue weighted by atomic mass is 16.5. The van der Waals surface area contributed by atoms with Crippen LogP contribution in [-0.2, 0) is 30.0 Å². The summed E-state index contributed by atoms with van der Waals surface area (Å²) in [5.41, 5.74) is 5.97. The van der Waals surface area contributed by atoms with Crippen molar-refractivity contribution in [3.8, 4) is 0 Å². The minimum absolute atomic E-state index is 0.0170. The number of aliphatic carboxylic acids is 1. The van der Waals surface area contributed by atoms with Gasteiger partial charge in [0.2, 0.25) is 11.5 Å². The smallest absolute Gasteiger partial charge is 0.305 e. The van der Waals surface area contributed by atoms with E-state index in [2.05, 4.69) is 61.4 Å². The van der Waals surface area contributed by atoms with Crippen molar-refractivity contribution in [2.24, 2.45) is 0 Å². The molecule has 2 aromatic rings. The highest BCUT2D eigenvalue weighted by Gasteiger charge is 2.47. The van der Waals surface area contributed by atoms with Crippen molar-refractivity contribution in [1.29, 1.82) is 0 Å². The van der Waals surface area contributed by atoms with Gasteiger partial charge in [-0.05, 0) is 57.7 Å². The Balaban J connectivity index is 1.47. The summed E-state index contributed by atoms with van der Waals surface area (Å²) in [4.78, 5) is 38.9. The highest BCUT2D eigenvalue weighted by Crippen LogP contribution is 2.49. The summed E-state index contributed by atoms with van der Waals surface area (Å²) >= 11 is 0. The number of hydrogen-bond acceptors (Lipinski definition) is 6. The van der Waals surface area contributed by atoms with Gasteiger partial charge in [-0.15, -0.1) is 0 Å². The lowest BCUT2D eigenvalue weighted by atomic mass is 9.77. The van der Waals surface area contributed by atoms with Crippen LogP contribution in [-0.4, -0.2) is 57.9 Å². The zero-order valence-corrected chi connectivity index (χ0v) is 27.6. The Morgan fingerprint density at radius 3 is 2.26 bits per heavy atom. The molecule has 0 saturated carbocycles. The predicted molar refractivity (Wildman–Crippen MR) is 179 cm³/mol. The molecule has 2 heterocycles. The molecule has 2 aromatic carbocycles. The molecule has 0 saturated heterocycles. The average molecular weight is 626 g/mol. The molecule has 8 heteroatoms. The van der Waals surface area contributed by atoms with E-state index in [-0.39, 0.29) is 29.5 Å². The molecule has 1 aliphatic carbocycles. The Morgan fingerprint density at radius 1 is 0.891 bits per heavy atom. The number of esters is 1. The number of Topliss-reactive ketones (excluding diaryl/α,β-unsaturated/α-hetero) is 1. The first-order valence-electron chi connectivity index (χ1n) is 16.3. The Morgan fingerprint density at radius 2 is 1.57 bits per heavy atom. The number of benzene rings is 2. The van der Waals surface area contributed by atoms with Gasteiger partial charge in [-0.25, -0.2) is 0 Å². The topological polar surface area (TPSA) is 107 Å². The summed E-state index contributed by atoms with van der Waals surface area (Å²) in [5, 5.41) is 20.5. The van der Waals surface area contributed by atoms with Crippen molar-refractivity contribution in [2.45, 2.75) is 84.0 Å². The van der Waals surface area contributed by atoms with E-state index in [1.54, 1.807) is 6.92 Å². The van der Waals surface area contributed by atoms with Gasteiger partial charge in [0.15, 0.2) is 5.71 Å². The van der Waals surface area contributed by atoms with Gasteiger partial charge < -0.3 is 19.8 Å². The maximum absolute atomic E-state index is 13.8. The molecular weight excluding hydrogens is 580 g/mol. The van der Waals surface area contributed by atoms with Crippen LogP contribution in [0.2, 0.25) is 0 Å². The van der Waals surface area contributed by atoms with Crippen molar-refractivity contribution in [3.05, 3.63) is 94.4 Å². The molecule has 0 atom stereocenters. The fraction of sp³-hybridized carbons (Fsp3) is 0.421. The Kier molecular flexibility index (Phi) is 9.38. The van der Waals surface area contributed by atoms with Crippen LogP contribution in [0.5, 0.6) is 0 Å². The molecule has 0 radical (unpaired) electrons. The molecular formula is C38H45N2O6+. The maximum atomic E-state index is 13.8. The molecule has 0 unspecified atom stereocenters. The molecule has 8 nitrogen and oxygen atoms in total. The van der Waals surface area contributed by atoms with Crippen molar-refractivity contribution >= 4 is 34.8 Å². The Labute approximate surface area is 271 Å². The lowest BCUT2D eigenvalue weighted by Gasteiger charge is -2.29. The van der Waals surface area contributed by atoms with Gasteiger partial charge in [0.1, 0.15) is 12.3 Å². The molecule has 46 heavy (non-hydrogen) atoms. The second-order valence-corrected chi connectivity index (χ2v) is 13.3. The number of ether oxygens (including phenoxy) is 1. The van der Waals surface area contributed by atoms with E-state index in [1.165, 1.54) is 0 Å². The van der Waals surface area contributed by atoms with Crippen LogP contribution in [0.1, 0.15) is 84.3 Å². The van der Waals surface area contributed by atoms with Crippen LogP contribution in [0.25, 0.3) is 0 Å². The Hall–Kier alpha value is -4.46. The van der Waals surface area contributed by atoms with Gasteiger partial charge in [-0.2, -0.15) is 4.58 Å². The number of carbonyl (C=O) groups excluding carboxylic acids is 2. The van der Waals surface area contributed by atoms with E-state index < -0.39 is 16.8 Å². The van der Waals surface area contributed by atoms with Crippen LogP contribution >= 0.6 is 0 Å². The largest absolute Gasteiger partial charge is 0.506 e. The number of rotatable bonds is 13. The van der Waals surface area contributed by atoms with E-state index in [0.717, 1.165) is 40.3 Å². The second-order valence-electron chi connectivity index (χ2n) is 13.3. The zero-order chi connectivity index (χ0) is 33.2. The first-order valence-corrected chi connectivity index (χ1v) is 16.3. The van der Waals surface area contributed by atoms with Crippen LogP contribution in [0.15, 0.2) is 83.3 Å². The highest BCUT2D eigenvalue weighted by molar-refractivity contribution is 6.24. The summed E-state index contributed by atoms with van der Waals surface area (Å²) in [6.07, 6.45) is 6.81. The second kappa shape index (κ2) is 13.1. The maximum Gasteiger partial charge on any atom is 0.305 e. The van der Waals surface area contributed by atoms with Crippen LogP contribution in [0.3, 0.4) is 0 Å². The van der Waals surface area contributed by atoms with Crippen molar-refractivity contribution in [1.82, 2.24) is 0 Å². The van der Waals surface area contributed by atoms with Crippen LogP contribution in [0, 0.1) is 0 Å². The number of fused-ring (bicyclic) bond motifs is 2. The third kappa shape index (κ3) is 6.05. The van der Waals surface area contributed by atoms with Gasteiger partial charge in [-0.1, -0.05) is 50.2 Å². The molecule has 0 aromatic heterocycles. The summed E-state index contributed by atoms with van der Waals surface area (Å²) in [7, 11) is 0. The standard InChI is InChI=1S/C38H44N2O6/c1-6-46-34(43)20-12-14-22-40-30-18-10-8-16-28(30)38(4,5)32(40)24-26-35(44)25(36(26)45)23-31-37(2,3)27-15-7-9-17-29(27)39(31)21-13-11-19-33(41)42/h7-10,15-18,23-24H,6,11-14,19-22H2,1-5H3,(H-,41,42,44,45)/p+1. The normalized spacial score (nSPS) is 19.5. The van der Waals surface area contributed by atoms with Crippen molar-refractivity contribution in [3.63, 3.8) is 0 Å². The van der Waals surface area contributed by atoms with E-state index in [9.17, 15) is 19.5 Å². The predicted octanol–water partition coefficient (Wildman–Crippen LogP) is 7.05. The molecule has 242 valence electrons. The summed E-state index contributed by atoms with van der Waals surface area (Å²) in [5.74, 6) is -1.23. The van der Waals surface area contributed by atoms with Gasteiger partial charge >= 0.3 is 11.9 Å². The number of allylic oxidation sites excluding steroid dienone is 5. The molecule has 2 aliphatic heterocycles. The lowest BCUT2D eigenvalue weighted by Crippen LogP contribution is -2.32. The van der Waals surface area contributed by atoms with Gasteiger partial charge in [0.05, 0.1) is 23.2 Å². The average Bonchev–Trinajstić information content (AvgIpc) is 3.37. The number of unbranched alkanes of at least 4 members (excludes halogenated alkanes) is 2. The minimum atomic E-state index is -0.811. The van der Waals surface area contributed by atoms with Crippen LogP contribution in [0.4, 0.5) is 11.4 Å².